The van der Waals surface area contributed by atoms with Gasteiger partial charge >= 0.3 is 0 Å². The summed E-state index contributed by atoms with van der Waals surface area (Å²) in [5.41, 5.74) is 2.43. The zero-order valence-corrected chi connectivity index (χ0v) is 14.6. The molecule has 1 fully saturated rings. The third-order valence-corrected chi connectivity index (χ3v) is 5.36. The average Bonchev–Trinajstić information content (AvgIpc) is 3.19. The molecule has 4 heterocycles. The fourth-order valence-corrected chi connectivity index (χ4v) is 3.82. The molecule has 1 amide bonds. The molecule has 1 saturated heterocycles. The number of hydrogen-bond donors (Lipinski definition) is 1. The summed E-state index contributed by atoms with van der Waals surface area (Å²) in [5.74, 6) is 0.137. The van der Waals surface area contributed by atoms with Gasteiger partial charge in [0, 0.05) is 30.4 Å². The van der Waals surface area contributed by atoms with E-state index in [-0.39, 0.29) is 11.8 Å². The summed E-state index contributed by atoms with van der Waals surface area (Å²) in [6.07, 6.45) is 7.06. The van der Waals surface area contributed by atoms with Crippen molar-refractivity contribution in [2.75, 3.05) is 18.0 Å². The van der Waals surface area contributed by atoms with E-state index < -0.39 is 0 Å². The standard InChI is InChI=1S/C18H19N5OS/c24-18(22-11-15-4-2-8-25-15)13-3-1-7-23(12-13)14-9-16-17(21-10-14)20-6-5-19-16/h2,4-6,8-10,13H,1,3,7,11-12H2,(H,22,24). The predicted octanol–water partition coefficient (Wildman–Crippen LogP) is 2.62. The van der Waals surface area contributed by atoms with E-state index in [2.05, 4.69) is 25.2 Å². The van der Waals surface area contributed by atoms with Gasteiger partial charge in [0.2, 0.25) is 5.91 Å². The lowest BCUT2D eigenvalue weighted by Gasteiger charge is -2.33. The highest BCUT2D eigenvalue weighted by atomic mass is 32.1. The van der Waals surface area contributed by atoms with E-state index in [4.69, 9.17) is 0 Å². The van der Waals surface area contributed by atoms with Crippen molar-refractivity contribution in [3.05, 3.63) is 47.0 Å². The molecule has 25 heavy (non-hydrogen) atoms. The first-order valence-corrected chi connectivity index (χ1v) is 9.29. The number of piperidine rings is 1. The first kappa shape index (κ1) is 16.0. The molecule has 1 atom stereocenters. The Hall–Kier alpha value is -2.54. The van der Waals surface area contributed by atoms with Gasteiger partial charge in [0.25, 0.3) is 0 Å². The largest absolute Gasteiger partial charge is 0.369 e. The van der Waals surface area contributed by atoms with Gasteiger partial charge in [0.1, 0.15) is 5.52 Å². The van der Waals surface area contributed by atoms with Gasteiger partial charge in [-0.15, -0.1) is 11.3 Å². The summed E-state index contributed by atoms with van der Waals surface area (Å²) >= 11 is 1.66. The number of fused-ring (bicyclic) bond motifs is 1. The van der Waals surface area contributed by atoms with Gasteiger partial charge in [-0.1, -0.05) is 6.07 Å². The quantitative estimate of drug-likeness (QED) is 0.781. The highest BCUT2D eigenvalue weighted by Crippen LogP contribution is 2.24. The number of pyridine rings is 1. The molecule has 1 aliphatic rings. The second-order valence-electron chi connectivity index (χ2n) is 6.17. The molecular weight excluding hydrogens is 334 g/mol. The van der Waals surface area contributed by atoms with Crippen LogP contribution >= 0.6 is 11.3 Å². The number of anilines is 1. The number of thiophene rings is 1. The van der Waals surface area contributed by atoms with Gasteiger partial charge in [-0.05, 0) is 30.4 Å². The maximum absolute atomic E-state index is 12.5. The topological polar surface area (TPSA) is 71.0 Å². The van der Waals surface area contributed by atoms with E-state index in [1.807, 2.05) is 29.8 Å². The Morgan fingerprint density at radius 3 is 3.12 bits per heavy atom. The number of nitrogens with one attached hydrogen (secondary N) is 1. The van der Waals surface area contributed by atoms with Gasteiger partial charge in [-0.3, -0.25) is 9.78 Å². The van der Waals surface area contributed by atoms with Crippen LogP contribution in [0.15, 0.2) is 42.2 Å². The van der Waals surface area contributed by atoms with E-state index in [9.17, 15) is 4.79 Å². The van der Waals surface area contributed by atoms with Crippen LogP contribution in [0.5, 0.6) is 0 Å². The summed E-state index contributed by atoms with van der Waals surface area (Å²) in [7, 11) is 0. The van der Waals surface area contributed by atoms with E-state index >= 15 is 0 Å². The number of hydrogen-bond acceptors (Lipinski definition) is 6. The molecule has 0 radical (unpaired) electrons. The van der Waals surface area contributed by atoms with Crippen molar-refractivity contribution in [3.8, 4) is 0 Å². The molecule has 0 spiro atoms. The van der Waals surface area contributed by atoms with E-state index in [1.165, 1.54) is 4.88 Å². The second-order valence-corrected chi connectivity index (χ2v) is 7.21. The van der Waals surface area contributed by atoms with Crippen molar-refractivity contribution in [3.63, 3.8) is 0 Å². The monoisotopic (exact) mass is 353 g/mol. The van der Waals surface area contributed by atoms with Gasteiger partial charge in [0.05, 0.1) is 24.3 Å². The lowest BCUT2D eigenvalue weighted by Crippen LogP contribution is -2.43. The predicted molar refractivity (Wildman–Crippen MR) is 98.4 cm³/mol. The number of carbonyl (C=O) groups is 1. The molecule has 3 aromatic heterocycles. The van der Waals surface area contributed by atoms with Crippen LogP contribution in [0.3, 0.4) is 0 Å². The van der Waals surface area contributed by atoms with Crippen molar-refractivity contribution < 1.29 is 4.79 Å². The normalized spacial score (nSPS) is 17.6. The molecule has 0 aromatic carbocycles. The second kappa shape index (κ2) is 7.14. The van der Waals surface area contributed by atoms with Crippen LogP contribution in [0.2, 0.25) is 0 Å². The SMILES string of the molecule is O=C(NCc1cccs1)C1CCCN(c2cnc3nccnc3c2)C1. The van der Waals surface area contributed by atoms with E-state index in [0.717, 1.165) is 30.6 Å². The van der Waals surface area contributed by atoms with Gasteiger partial charge in [0.15, 0.2) is 5.65 Å². The third-order valence-electron chi connectivity index (χ3n) is 4.48. The first-order valence-electron chi connectivity index (χ1n) is 8.41. The van der Waals surface area contributed by atoms with Gasteiger partial charge in [-0.2, -0.15) is 0 Å². The molecule has 0 bridgehead atoms. The smallest absolute Gasteiger partial charge is 0.225 e. The Bertz CT molecular complexity index is 867. The molecule has 0 saturated carbocycles. The highest BCUT2D eigenvalue weighted by Gasteiger charge is 2.26. The Morgan fingerprint density at radius 1 is 1.32 bits per heavy atom. The summed E-state index contributed by atoms with van der Waals surface area (Å²) in [5, 5.41) is 5.09. The Labute approximate surface area is 149 Å². The molecule has 1 unspecified atom stereocenters. The lowest BCUT2D eigenvalue weighted by atomic mass is 9.96. The average molecular weight is 353 g/mol. The minimum atomic E-state index is 0.00580. The molecule has 7 heteroatoms. The molecule has 1 aliphatic heterocycles. The van der Waals surface area contributed by atoms with Crippen molar-refractivity contribution in [1.29, 1.82) is 0 Å². The minimum Gasteiger partial charge on any atom is -0.369 e. The van der Waals surface area contributed by atoms with Crippen LogP contribution < -0.4 is 10.2 Å². The van der Waals surface area contributed by atoms with Crippen molar-refractivity contribution in [2.24, 2.45) is 5.92 Å². The van der Waals surface area contributed by atoms with Crippen molar-refractivity contribution in [1.82, 2.24) is 20.3 Å². The number of nitrogens with zero attached hydrogens (tertiary/aromatic N) is 4. The molecule has 3 aromatic rings. The van der Waals surface area contributed by atoms with Crippen LogP contribution in [0, 0.1) is 5.92 Å². The Balaban J connectivity index is 1.43. The highest BCUT2D eigenvalue weighted by molar-refractivity contribution is 7.09. The maximum atomic E-state index is 12.5. The van der Waals surface area contributed by atoms with Crippen molar-refractivity contribution in [2.45, 2.75) is 19.4 Å². The summed E-state index contributed by atoms with van der Waals surface area (Å²) in [4.78, 5) is 28.8. The third kappa shape index (κ3) is 3.61. The summed E-state index contributed by atoms with van der Waals surface area (Å²) in [6.45, 7) is 2.26. The maximum Gasteiger partial charge on any atom is 0.225 e. The minimum absolute atomic E-state index is 0.00580. The molecular formula is C18H19N5OS. The molecule has 1 N–H and O–H groups in total. The summed E-state index contributed by atoms with van der Waals surface area (Å²) < 4.78 is 0. The zero-order valence-electron chi connectivity index (χ0n) is 13.8. The van der Waals surface area contributed by atoms with Crippen LogP contribution in [-0.2, 0) is 11.3 Å². The number of amides is 1. The Morgan fingerprint density at radius 2 is 2.24 bits per heavy atom. The number of aromatic nitrogens is 3. The fourth-order valence-electron chi connectivity index (χ4n) is 3.18. The van der Waals surface area contributed by atoms with Crippen LogP contribution in [-0.4, -0.2) is 33.9 Å². The number of carbonyl (C=O) groups excluding carboxylic acids is 1. The van der Waals surface area contributed by atoms with Crippen LogP contribution in [0.1, 0.15) is 17.7 Å². The molecule has 4 rings (SSSR count). The van der Waals surface area contributed by atoms with Crippen molar-refractivity contribution >= 4 is 34.1 Å². The zero-order chi connectivity index (χ0) is 17.1. The van der Waals surface area contributed by atoms with Crippen LogP contribution in [0.25, 0.3) is 11.2 Å². The number of rotatable bonds is 4. The lowest BCUT2D eigenvalue weighted by molar-refractivity contribution is -0.125. The first-order chi connectivity index (χ1) is 12.3. The van der Waals surface area contributed by atoms with Gasteiger partial charge < -0.3 is 10.2 Å². The Kier molecular flexibility index (Phi) is 4.56. The molecule has 0 aliphatic carbocycles. The van der Waals surface area contributed by atoms with E-state index in [1.54, 1.807) is 23.7 Å². The molecule has 128 valence electrons. The fraction of sp³-hybridized carbons (Fsp3) is 0.333. The van der Waals surface area contributed by atoms with Gasteiger partial charge in [-0.25, -0.2) is 9.97 Å². The molecule has 6 nitrogen and oxygen atoms in total. The summed E-state index contributed by atoms with van der Waals surface area (Å²) in [6, 6.07) is 6.05. The van der Waals surface area contributed by atoms with Crippen LogP contribution in [0.4, 0.5) is 5.69 Å². The van der Waals surface area contributed by atoms with E-state index in [0.29, 0.717) is 18.7 Å².